The van der Waals surface area contributed by atoms with E-state index in [1.54, 1.807) is 12.3 Å². The number of aliphatic hydroxyl groups is 1. The lowest BCUT2D eigenvalue weighted by Crippen LogP contribution is -2.40. The summed E-state index contributed by atoms with van der Waals surface area (Å²) in [4.78, 5) is 45.1. The Morgan fingerprint density at radius 1 is 1.29 bits per heavy atom. The SMILES string of the molecule is CCn1ccc(C(=O)N[C@H]2C[C@H](C(=O)NCC3=CCCCC3)C[C@@H]2O)cc1=O.O=CO. The molecule has 1 heterocycles. The van der Waals surface area contributed by atoms with Gasteiger partial charge in [-0.3, -0.25) is 19.2 Å². The van der Waals surface area contributed by atoms with Crippen LogP contribution in [-0.2, 0) is 16.1 Å². The maximum absolute atomic E-state index is 12.4. The van der Waals surface area contributed by atoms with Crippen LogP contribution in [-0.4, -0.2) is 51.8 Å². The van der Waals surface area contributed by atoms with Gasteiger partial charge in [-0.2, -0.15) is 0 Å². The molecule has 3 rings (SSSR count). The largest absolute Gasteiger partial charge is 0.483 e. The van der Waals surface area contributed by atoms with Gasteiger partial charge >= 0.3 is 0 Å². The zero-order valence-electron chi connectivity index (χ0n) is 17.8. The number of allylic oxidation sites excluding steroid dienone is 1. The Bertz CT molecular complexity index is 863. The molecule has 4 N–H and O–H groups in total. The van der Waals surface area contributed by atoms with Gasteiger partial charge in [-0.25, -0.2) is 0 Å². The maximum Gasteiger partial charge on any atom is 0.290 e. The Hall–Kier alpha value is -2.94. The van der Waals surface area contributed by atoms with Crippen molar-refractivity contribution in [3.63, 3.8) is 0 Å². The molecule has 9 nitrogen and oxygen atoms in total. The molecule has 31 heavy (non-hydrogen) atoms. The van der Waals surface area contributed by atoms with Crippen LogP contribution < -0.4 is 16.2 Å². The highest BCUT2D eigenvalue weighted by atomic mass is 16.3. The lowest BCUT2D eigenvalue weighted by atomic mass is 9.99. The number of aromatic nitrogens is 1. The summed E-state index contributed by atoms with van der Waals surface area (Å²) in [5.74, 6) is -0.803. The Labute approximate surface area is 181 Å². The van der Waals surface area contributed by atoms with Crippen molar-refractivity contribution in [2.24, 2.45) is 5.92 Å². The molecule has 0 saturated heterocycles. The number of pyridine rings is 1. The van der Waals surface area contributed by atoms with Crippen LogP contribution in [0, 0.1) is 5.92 Å². The molecule has 170 valence electrons. The first-order chi connectivity index (χ1) is 14.9. The summed E-state index contributed by atoms with van der Waals surface area (Å²) in [6.45, 7) is 2.71. The number of carbonyl (C=O) groups excluding carboxylic acids is 2. The second-order valence-electron chi connectivity index (χ2n) is 7.79. The summed E-state index contributed by atoms with van der Waals surface area (Å²) in [6.07, 6.45) is 8.21. The lowest BCUT2D eigenvalue weighted by Gasteiger charge is -2.17. The highest BCUT2D eigenvalue weighted by Crippen LogP contribution is 2.27. The van der Waals surface area contributed by atoms with Crippen LogP contribution in [0.1, 0.15) is 55.8 Å². The molecule has 0 aliphatic heterocycles. The zero-order chi connectivity index (χ0) is 22.8. The van der Waals surface area contributed by atoms with Crippen LogP contribution in [0.15, 0.2) is 34.8 Å². The van der Waals surface area contributed by atoms with Crippen molar-refractivity contribution in [3.05, 3.63) is 45.9 Å². The van der Waals surface area contributed by atoms with E-state index in [0.717, 1.165) is 12.8 Å². The van der Waals surface area contributed by atoms with Crippen molar-refractivity contribution in [1.82, 2.24) is 15.2 Å². The molecule has 1 aromatic rings. The first-order valence-electron chi connectivity index (χ1n) is 10.6. The summed E-state index contributed by atoms with van der Waals surface area (Å²) in [6, 6.07) is 2.39. The standard InChI is InChI=1S/C21H29N3O4.CH2O2/c1-2-24-9-8-15(12-19(24)26)21(28)23-17-10-16(11-18(17)25)20(27)22-13-14-6-4-3-5-7-14;2-1-3/h6,8-9,12,16-18,25H,2-5,7,10-11,13H2,1H3,(H,22,27)(H,23,28);1H,(H,2,3)/t16-,17-,18-;/m0./s1. The number of carbonyl (C=O) groups is 3. The average Bonchev–Trinajstić information content (AvgIpc) is 3.13. The summed E-state index contributed by atoms with van der Waals surface area (Å²) in [5, 5.41) is 22.9. The topological polar surface area (TPSA) is 138 Å². The maximum atomic E-state index is 12.4. The number of carboxylic acid groups (broad SMARTS) is 1. The van der Waals surface area contributed by atoms with E-state index in [9.17, 15) is 19.5 Å². The van der Waals surface area contributed by atoms with Crippen LogP contribution in [0.2, 0.25) is 0 Å². The second-order valence-corrected chi connectivity index (χ2v) is 7.79. The van der Waals surface area contributed by atoms with E-state index in [-0.39, 0.29) is 29.4 Å². The molecule has 0 bridgehead atoms. The second kappa shape index (κ2) is 12.0. The van der Waals surface area contributed by atoms with Crippen LogP contribution in [0.4, 0.5) is 0 Å². The van der Waals surface area contributed by atoms with E-state index >= 15 is 0 Å². The number of rotatable bonds is 6. The first kappa shape index (κ1) is 24.3. The Kier molecular flexibility index (Phi) is 9.45. The Balaban J connectivity index is 0.00000107. The third-order valence-corrected chi connectivity index (χ3v) is 5.69. The summed E-state index contributed by atoms with van der Waals surface area (Å²) in [5.41, 5.74) is 1.29. The number of hydrogen-bond donors (Lipinski definition) is 4. The highest BCUT2D eigenvalue weighted by Gasteiger charge is 2.37. The van der Waals surface area contributed by atoms with Gasteiger partial charge in [0, 0.05) is 36.8 Å². The molecular formula is C22H31N3O6. The third kappa shape index (κ3) is 7.06. The number of nitrogens with zero attached hydrogens (tertiary/aromatic N) is 1. The van der Waals surface area contributed by atoms with Crippen LogP contribution in [0.5, 0.6) is 0 Å². The van der Waals surface area contributed by atoms with Crippen molar-refractivity contribution in [3.8, 4) is 0 Å². The molecule has 1 saturated carbocycles. The summed E-state index contributed by atoms with van der Waals surface area (Å²) < 4.78 is 1.50. The fraction of sp³-hybridized carbons (Fsp3) is 0.545. The van der Waals surface area contributed by atoms with E-state index in [0.29, 0.717) is 25.9 Å². The molecule has 0 aromatic carbocycles. The normalized spacial score (nSPS) is 22.5. The van der Waals surface area contributed by atoms with Crippen molar-refractivity contribution in [2.45, 2.75) is 64.1 Å². The fourth-order valence-corrected chi connectivity index (χ4v) is 3.96. The number of hydrogen-bond acceptors (Lipinski definition) is 5. The summed E-state index contributed by atoms with van der Waals surface area (Å²) >= 11 is 0. The number of nitrogens with one attached hydrogen (secondary N) is 2. The molecule has 2 aliphatic carbocycles. The highest BCUT2D eigenvalue weighted by molar-refractivity contribution is 5.94. The first-order valence-corrected chi connectivity index (χ1v) is 10.6. The molecule has 1 fully saturated rings. The third-order valence-electron chi connectivity index (χ3n) is 5.69. The molecule has 1 aromatic heterocycles. The minimum absolute atomic E-state index is 0.0761. The van der Waals surface area contributed by atoms with E-state index in [4.69, 9.17) is 9.90 Å². The van der Waals surface area contributed by atoms with E-state index in [1.807, 2.05) is 6.92 Å². The lowest BCUT2D eigenvalue weighted by molar-refractivity contribution is -0.125. The Morgan fingerprint density at radius 2 is 2.03 bits per heavy atom. The molecule has 0 spiro atoms. The Morgan fingerprint density at radius 3 is 2.65 bits per heavy atom. The average molecular weight is 434 g/mol. The van der Waals surface area contributed by atoms with Crippen molar-refractivity contribution in [1.29, 1.82) is 0 Å². The number of aryl methyl sites for hydroxylation is 1. The van der Waals surface area contributed by atoms with Gasteiger partial charge in [0.1, 0.15) is 0 Å². The van der Waals surface area contributed by atoms with Gasteiger partial charge in [0.05, 0.1) is 12.1 Å². The van der Waals surface area contributed by atoms with Crippen LogP contribution >= 0.6 is 0 Å². The van der Waals surface area contributed by atoms with E-state index in [1.165, 1.54) is 29.0 Å². The van der Waals surface area contributed by atoms with Crippen LogP contribution in [0.25, 0.3) is 0 Å². The van der Waals surface area contributed by atoms with Gasteiger partial charge in [-0.05, 0) is 51.5 Å². The van der Waals surface area contributed by atoms with Gasteiger partial charge in [-0.15, -0.1) is 0 Å². The zero-order valence-corrected chi connectivity index (χ0v) is 17.8. The molecule has 0 unspecified atom stereocenters. The predicted molar refractivity (Wildman–Crippen MR) is 115 cm³/mol. The van der Waals surface area contributed by atoms with Gasteiger partial charge in [0.25, 0.3) is 17.9 Å². The minimum Gasteiger partial charge on any atom is -0.483 e. The number of amides is 2. The van der Waals surface area contributed by atoms with Gasteiger partial charge in [-0.1, -0.05) is 11.6 Å². The van der Waals surface area contributed by atoms with Gasteiger partial charge in [0.15, 0.2) is 0 Å². The molecule has 2 aliphatic rings. The van der Waals surface area contributed by atoms with Crippen molar-refractivity contribution in [2.75, 3.05) is 6.54 Å². The summed E-state index contributed by atoms with van der Waals surface area (Å²) in [7, 11) is 0. The smallest absolute Gasteiger partial charge is 0.290 e. The van der Waals surface area contributed by atoms with Crippen LogP contribution in [0.3, 0.4) is 0 Å². The molecule has 0 radical (unpaired) electrons. The fourth-order valence-electron chi connectivity index (χ4n) is 3.96. The monoisotopic (exact) mass is 433 g/mol. The van der Waals surface area contributed by atoms with Gasteiger partial charge in [0.2, 0.25) is 5.91 Å². The molecular weight excluding hydrogens is 402 g/mol. The van der Waals surface area contributed by atoms with Crippen molar-refractivity contribution < 1.29 is 24.6 Å². The van der Waals surface area contributed by atoms with Gasteiger partial charge < -0.3 is 25.4 Å². The molecule has 3 atom stereocenters. The quantitative estimate of drug-likeness (QED) is 0.391. The molecule has 9 heteroatoms. The molecule has 2 amide bonds. The minimum atomic E-state index is -0.774. The predicted octanol–water partition coefficient (Wildman–Crippen LogP) is 1.05. The number of aliphatic hydroxyl groups excluding tert-OH is 1. The van der Waals surface area contributed by atoms with E-state index < -0.39 is 18.1 Å². The van der Waals surface area contributed by atoms with E-state index in [2.05, 4.69) is 16.7 Å². The van der Waals surface area contributed by atoms with Crippen molar-refractivity contribution >= 4 is 18.3 Å².